The predicted octanol–water partition coefficient (Wildman–Crippen LogP) is 1.73. The highest BCUT2D eigenvalue weighted by Gasteiger charge is 2.35. The van der Waals surface area contributed by atoms with Gasteiger partial charge in [-0.3, -0.25) is 9.36 Å². The topological polar surface area (TPSA) is 79.7 Å². The van der Waals surface area contributed by atoms with E-state index in [2.05, 4.69) is 20.2 Å². The summed E-state index contributed by atoms with van der Waals surface area (Å²) in [5.74, 6) is 1.50. The monoisotopic (exact) mass is 322 g/mol. The van der Waals surface area contributed by atoms with E-state index >= 15 is 0 Å². The molecule has 7 nitrogen and oxygen atoms in total. The van der Waals surface area contributed by atoms with E-state index in [1.54, 1.807) is 18.3 Å². The lowest BCUT2D eigenvalue weighted by Crippen LogP contribution is -2.41. The Morgan fingerprint density at radius 3 is 2.75 bits per heavy atom. The number of fused-ring (bicyclic) bond motifs is 1. The summed E-state index contributed by atoms with van der Waals surface area (Å²) in [6, 6.07) is 9.65. The molecule has 24 heavy (non-hydrogen) atoms. The van der Waals surface area contributed by atoms with Crippen LogP contribution in [0.25, 0.3) is 11.5 Å². The molecule has 122 valence electrons. The van der Waals surface area contributed by atoms with E-state index in [0.717, 1.165) is 22.8 Å². The van der Waals surface area contributed by atoms with Crippen molar-refractivity contribution in [3.05, 3.63) is 53.7 Å². The van der Waals surface area contributed by atoms with Gasteiger partial charge in [0.1, 0.15) is 11.7 Å². The molecular formula is C17H18N6O. The van der Waals surface area contributed by atoms with Gasteiger partial charge in [-0.25, -0.2) is 4.98 Å². The van der Waals surface area contributed by atoms with Crippen molar-refractivity contribution in [3.8, 4) is 11.5 Å². The van der Waals surface area contributed by atoms with Crippen molar-refractivity contribution < 1.29 is 4.79 Å². The van der Waals surface area contributed by atoms with Gasteiger partial charge in [-0.2, -0.15) is 0 Å². The molecule has 0 saturated heterocycles. The number of likely N-dealkylation sites (N-methyl/N-ethyl adjacent to an activating group) is 1. The second-order valence-electron chi connectivity index (χ2n) is 6.09. The van der Waals surface area contributed by atoms with E-state index in [-0.39, 0.29) is 11.9 Å². The van der Waals surface area contributed by atoms with Gasteiger partial charge in [0, 0.05) is 19.2 Å². The molecule has 4 rings (SSSR count). The lowest BCUT2D eigenvalue weighted by Gasteiger charge is -2.31. The minimum atomic E-state index is -0.359. The second-order valence-corrected chi connectivity index (χ2v) is 6.09. The van der Waals surface area contributed by atoms with Gasteiger partial charge >= 0.3 is 0 Å². The van der Waals surface area contributed by atoms with E-state index in [4.69, 9.17) is 0 Å². The molecule has 3 aromatic rings. The van der Waals surface area contributed by atoms with E-state index in [9.17, 15) is 4.79 Å². The minimum absolute atomic E-state index is 0.0700. The van der Waals surface area contributed by atoms with Crippen LogP contribution in [0.15, 0.2) is 36.7 Å². The summed E-state index contributed by atoms with van der Waals surface area (Å²) in [5, 5.41) is 8.61. The van der Waals surface area contributed by atoms with Crippen molar-refractivity contribution in [2.75, 3.05) is 7.05 Å². The van der Waals surface area contributed by atoms with Crippen molar-refractivity contribution in [1.29, 1.82) is 0 Å². The molecule has 1 aromatic carbocycles. The Hall–Kier alpha value is -2.96. The fourth-order valence-electron chi connectivity index (χ4n) is 3.18. The highest BCUT2D eigenvalue weighted by molar-refractivity contribution is 5.82. The Morgan fingerprint density at radius 1 is 1.25 bits per heavy atom. The molecule has 0 bridgehead atoms. The average molecular weight is 322 g/mol. The second kappa shape index (κ2) is 5.59. The van der Waals surface area contributed by atoms with Gasteiger partial charge in [0.2, 0.25) is 5.91 Å². The number of aryl methyl sites for hydroxylation is 1. The zero-order valence-electron chi connectivity index (χ0n) is 13.6. The number of aromatic nitrogens is 5. The summed E-state index contributed by atoms with van der Waals surface area (Å²) >= 11 is 0. The van der Waals surface area contributed by atoms with Gasteiger partial charge in [0.15, 0.2) is 11.6 Å². The third kappa shape index (κ3) is 2.29. The number of nitrogens with one attached hydrogen (secondary N) is 1. The maximum Gasteiger partial charge on any atom is 0.246 e. The zero-order valence-corrected chi connectivity index (χ0v) is 13.6. The molecule has 0 fully saturated rings. The van der Waals surface area contributed by atoms with Crippen LogP contribution in [0.3, 0.4) is 0 Å². The van der Waals surface area contributed by atoms with Gasteiger partial charge < -0.3 is 9.88 Å². The fourth-order valence-corrected chi connectivity index (χ4v) is 3.18. The standard InChI is InChI=1S/C17H18N6O/c1-11-15(19-10-18-11)16-21-20-14-9-22(2)17(24)13(23(14)16)8-12-6-4-3-5-7-12/h3-7,10,13H,8-9H2,1-2H3,(H,18,19)/t13-/m0/s1. The number of H-pyrrole nitrogens is 1. The van der Waals surface area contributed by atoms with Crippen LogP contribution >= 0.6 is 0 Å². The van der Waals surface area contributed by atoms with Crippen LogP contribution in [-0.2, 0) is 17.8 Å². The first-order valence-electron chi connectivity index (χ1n) is 7.88. The van der Waals surface area contributed by atoms with Crippen LogP contribution in [0.1, 0.15) is 23.1 Å². The number of carbonyl (C=O) groups excluding carboxylic acids is 1. The number of hydrogen-bond acceptors (Lipinski definition) is 4. The molecule has 1 atom stereocenters. The van der Waals surface area contributed by atoms with E-state index in [0.29, 0.717) is 18.8 Å². The molecule has 0 unspecified atom stereocenters. The maximum atomic E-state index is 12.8. The van der Waals surface area contributed by atoms with Crippen LogP contribution < -0.4 is 0 Å². The Morgan fingerprint density at radius 2 is 2.04 bits per heavy atom. The SMILES string of the molecule is Cc1[nH]cnc1-c1nnc2n1[C@@H](Cc1ccccc1)C(=O)N(C)C2. The number of benzene rings is 1. The minimum Gasteiger partial charge on any atom is -0.348 e. The fraction of sp³-hybridized carbons (Fsp3) is 0.294. The largest absolute Gasteiger partial charge is 0.348 e. The summed E-state index contributed by atoms with van der Waals surface area (Å²) in [4.78, 5) is 21.9. The van der Waals surface area contributed by atoms with Crippen molar-refractivity contribution in [2.45, 2.75) is 25.9 Å². The summed E-state index contributed by atoms with van der Waals surface area (Å²) in [6.45, 7) is 2.40. The predicted molar refractivity (Wildman–Crippen MR) is 88.0 cm³/mol. The number of amides is 1. The van der Waals surface area contributed by atoms with E-state index in [1.165, 1.54) is 0 Å². The highest BCUT2D eigenvalue weighted by Crippen LogP contribution is 2.30. The quantitative estimate of drug-likeness (QED) is 0.796. The van der Waals surface area contributed by atoms with Crippen LogP contribution in [0, 0.1) is 6.92 Å². The number of carbonyl (C=O) groups is 1. The van der Waals surface area contributed by atoms with Crippen molar-refractivity contribution in [2.24, 2.45) is 0 Å². The molecule has 2 aromatic heterocycles. The first-order chi connectivity index (χ1) is 11.6. The zero-order chi connectivity index (χ0) is 16.7. The lowest BCUT2D eigenvalue weighted by molar-refractivity contribution is -0.135. The Kier molecular flexibility index (Phi) is 3.41. The Balaban J connectivity index is 1.82. The van der Waals surface area contributed by atoms with Gasteiger partial charge in [0.05, 0.1) is 12.9 Å². The van der Waals surface area contributed by atoms with Gasteiger partial charge in [0.25, 0.3) is 0 Å². The highest BCUT2D eigenvalue weighted by atomic mass is 16.2. The molecule has 1 aliphatic rings. The van der Waals surface area contributed by atoms with Gasteiger partial charge in [-0.1, -0.05) is 30.3 Å². The smallest absolute Gasteiger partial charge is 0.246 e. The third-order valence-corrected chi connectivity index (χ3v) is 4.43. The molecule has 3 heterocycles. The first-order valence-corrected chi connectivity index (χ1v) is 7.88. The molecule has 0 radical (unpaired) electrons. The summed E-state index contributed by atoms with van der Waals surface area (Å²) in [5.41, 5.74) is 2.76. The molecular weight excluding hydrogens is 304 g/mol. The van der Waals surface area contributed by atoms with Crippen LogP contribution in [-0.4, -0.2) is 42.6 Å². The van der Waals surface area contributed by atoms with Crippen LogP contribution in [0.5, 0.6) is 0 Å². The average Bonchev–Trinajstić information content (AvgIpc) is 3.18. The molecule has 1 aliphatic heterocycles. The lowest BCUT2D eigenvalue weighted by atomic mass is 10.0. The normalized spacial score (nSPS) is 17.2. The van der Waals surface area contributed by atoms with E-state index in [1.807, 2.05) is 41.8 Å². The van der Waals surface area contributed by atoms with Crippen molar-refractivity contribution in [3.63, 3.8) is 0 Å². The molecule has 0 saturated carbocycles. The molecule has 0 spiro atoms. The van der Waals surface area contributed by atoms with Crippen LogP contribution in [0.4, 0.5) is 0 Å². The third-order valence-electron chi connectivity index (χ3n) is 4.43. The number of hydrogen-bond donors (Lipinski definition) is 1. The summed E-state index contributed by atoms with van der Waals surface area (Å²) in [7, 11) is 1.80. The number of rotatable bonds is 3. The van der Waals surface area contributed by atoms with E-state index < -0.39 is 0 Å². The number of imidazole rings is 1. The van der Waals surface area contributed by atoms with Crippen molar-refractivity contribution >= 4 is 5.91 Å². The molecule has 7 heteroatoms. The van der Waals surface area contributed by atoms with Crippen molar-refractivity contribution in [1.82, 2.24) is 29.6 Å². The Labute approximate surface area is 139 Å². The van der Waals surface area contributed by atoms with Gasteiger partial charge in [-0.15, -0.1) is 10.2 Å². The van der Waals surface area contributed by atoms with Gasteiger partial charge in [-0.05, 0) is 12.5 Å². The Bertz CT molecular complexity index is 882. The maximum absolute atomic E-state index is 12.8. The number of nitrogens with zero attached hydrogens (tertiary/aromatic N) is 5. The molecule has 0 aliphatic carbocycles. The molecule has 1 N–H and O–H groups in total. The summed E-state index contributed by atoms with van der Waals surface area (Å²) < 4.78 is 1.94. The summed E-state index contributed by atoms with van der Waals surface area (Å²) in [6.07, 6.45) is 2.24. The first kappa shape index (κ1) is 14.6. The number of aromatic amines is 1. The van der Waals surface area contributed by atoms with Crippen LogP contribution in [0.2, 0.25) is 0 Å². The molecule has 1 amide bonds.